The Morgan fingerprint density at radius 2 is 2.16 bits per heavy atom. The Labute approximate surface area is 127 Å². The second-order valence-corrected chi connectivity index (χ2v) is 7.14. The maximum absolute atomic E-state index is 5.58. The van der Waals surface area contributed by atoms with E-state index in [1.165, 1.54) is 33.5 Å². The van der Waals surface area contributed by atoms with E-state index in [0.29, 0.717) is 19.3 Å². The van der Waals surface area contributed by atoms with Gasteiger partial charge in [0.05, 0.1) is 3.79 Å². The number of thiophene rings is 1. The summed E-state index contributed by atoms with van der Waals surface area (Å²) in [6.45, 7) is 6.12. The first kappa shape index (κ1) is 15.4. The van der Waals surface area contributed by atoms with Crippen molar-refractivity contribution in [1.82, 2.24) is 5.32 Å². The minimum atomic E-state index is -0.137. The van der Waals surface area contributed by atoms with E-state index in [2.05, 4.69) is 27.3 Å². The van der Waals surface area contributed by atoms with Gasteiger partial charge in [0.1, 0.15) is 0 Å². The van der Waals surface area contributed by atoms with Crippen molar-refractivity contribution in [3.05, 3.63) is 20.3 Å². The molecule has 2 rings (SSSR count). The molecule has 0 spiro atoms. The minimum absolute atomic E-state index is 0.137. The Kier molecular flexibility index (Phi) is 6.29. The zero-order valence-corrected chi connectivity index (χ0v) is 14.0. The molecule has 0 aliphatic heterocycles. The van der Waals surface area contributed by atoms with Crippen molar-refractivity contribution in [3.63, 3.8) is 0 Å². The number of hydrogen-bond donors (Lipinski definition) is 1. The highest BCUT2D eigenvalue weighted by atomic mass is 79.9. The third kappa shape index (κ3) is 4.26. The van der Waals surface area contributed by atoms with Crippen LogP contribution < -0.4 is 5.32 Å². The van der Waals surface area contributed by atoms with E-state index < -0.39 is 0 Å². The van der Waals surface area contributed by atoms with Gasteiger partial charge in [0.15, 0.2) is 6.29 Å². The zero-order valence-electron chi connectivity index (χ0n) is 11.6. The third-order valence-electron chi connectivity index (χ3n) is 3.32. The number of rotatable bonds is 7. The Hall–Kier alpha value is 0.0600. The van der Waals surface area contributed by atoms with Gasteiger partial charge in [-0.1, -0.05) is 0 Å². The summed E-state index contributed by atoms with van der Waals surface area (Å²) in [5.41, 5.74) is 1.45. The summed E-state index contributed by atoms with van der Waals surface area (Å²) < 4.78 is 12.4. The number of ether oxygens (including phenoxy) is 2. The van der Waals surface area contributed by atoms with E-state index in [1.54, 1.807) is 0 Å². The van der Waals surface area contributed by atoms with Gasteiger partial charge in [0, 0.05) is 30.7 Å². The maximum atomic E-state index is 5.58. The molecule has 1 N–H and O–H groups in total. The van der Waals surface area contributed by atoms with E-state index in [-0.39, 0.29) is 6.29 Å². The molecule has 1 aliphatic rings. The lowest BCUT2D eigenvalue weighted by atomic mass is 9.94. The Balaban J connectivity index is 1.92. The highest BCUT2D eigenvalue weighted by Crippen LogP contribution is 2.37. The molecule has 1 atom stereocenters. The molecule has 0 aromatic carbocycles. The summed E-state index contributed by atoms with van der Waals surface area (Å²) >= 11 is 5.45. The molecule has 1 heterocycles. The Bertz CT molecular complexity index is 391. The largest absolute Gasteiger partial charge is 0.352 e. The quantitative estimate of drug-likeness (QED) is 0.759. The molecule has 0 saturated heterocycles. The van der Waals surface area contributed by atoms with E-state index in [4.69, 9.17) is 9.47 Å². The maximum Gasteiger partial charge on any atom is 0.169 e. The van der Waals surface area contributed by atoms with Gasteiger partial charge in [0.25, 0.3) is 0 Å². The van der Waals surface area contributed by atoms with Crippen LogP contribution in [0.15, 0.2) is 9.85 Å². The van der Waals surface area contributed by atoms with Crippen LogP contribution in [-0.2, 0) is 15.9 Å². The van der Waals surface area contributed by atoms with Gasteiger partial charge in [-0.3, -0.25) is 0 Å². The molecule has 3 nitrogen and oxygen atoms in total. The van der Waals surface area contributed by atoms with Crippen LogP contribution in [-0.4, -0.2) is 26.0 Å². The van der Waals surface area contributed by atoms with Gasteiger partial charge in [-0.15, -0.1) is 11.3 Å². The fourth-order valence-corrected chi connectivity index (χ4v) is 4.33. The molecule has 1 aromatic heterocycles. The Morgan fingerprint density at radius 3 is 2.84 bits per heavy atom. The molecule has 1 aliphatic carbocycles. The lowest BCUT2D eigenvalue weighted by Crippen LogP contribution is -2.35. The monoisotopic (exact) mass is 347 g/mol. The summed E-state index contributed by atoms with van der Waals surface area (Å²) in [7, 11) is 0. The minimum Gasteiger partial charge on any atom is -0.352 e. The predicted octanol–water partition coefficient (Wildman–Crippen LogP) is 3.88. The molecule has 1 aromatic rings. The standard InChI is InChI=1S/C14H22BrNO2S/c1-3-17-14(18-4-2)9-16-11-6-5-7-12-10(11)8-13(15)19-12/h8,11,14,16H,3-7,9H2,1-2H3. The first-order valence-electron chi connectivity index (χ1n) is 6.99. The highest BCUT2D eigenvalue weighted by molar-refractivity contribution is 9.11. The van der Waals surface area contributed by atoms with Gasteiger partial charge >= 0.3 is 0 Å². The van der Waals surface area contributed by atoms with Crippen LogP contribution in [0.5, 0.6) is 0 Å². The fraction of sp³-hybridized carbons (Fsp3) is 0.714. The number of fused-ring (bicyclic) bond motifs is 1. The smallest absolute Gasteiger partial charge is 0.169 e. The predicted molar refractivity (Wildman–Crippen MR) is 82.7 cm³/mol. The van der Waals surface area contributed by atoms with Crippen molar-refractivity contribution in [2.45, 2.75) is 45.4 Å². The molecule has 0 fully saturated rings. The average Bonchev–Trinajstić information content (AvgIpc) is 2.77. The van der Waals surface area contributed by atoms with Crippen molar-refractivity contribution in [3.8, 4) is 0 Å². The second kappa shape index (κ2) is 7.74. The van der Waals surface area contributed by atoms with Crippen LogP contribution in [0.25, 0.3) is 0 Å². The van der Waals surface area contributed by atoms with Crippen LogP contribution in [0.3, 0.4) is 0 Å². The number of aryl methyl sites for hydroxylation is 1. The van der Waals surface area contributed by atoms with Crippen molar-refractivity contribution in [2.75, 3.05) is 19.8 Å². The van der Waals surface area contributed by atoms with Crippen LogP contribution >= 0.6 is 27.3 Å². The van der Waals surface area contributed by atoms with Crippen molar-refractivity contribution < 1.29 is 9.47 Å². The summed E-state index contributed by atoms with van der Waals surface area (Å²) in [6, 6.07) is 2.70. The van der Waals surface area contributed by atoms with E-state index in [9.17, 15) is 0 Å². The average molecular weight is 348 g/mol. The molecular formula is C14H22BrNO2S. The number of halogens is 1. The fourth-order valence-electron chi connectivity index (χ4n) is 2.51. The molecule has 0 radical (unpaired) electrons. The lowest BCUT2D eigenvalue weighted by Gasteiger charge is -2.26. The van der Waals surface area contributed by atoms with E-state index in [0.717, 1.165) is 6.54 Å². The highest BCUT2D eigenvalue weighted by Gasteiger charge is 2.23. The van der Waals surface area contributed by atoms with Crippen molar-refractivity contribution >= 4 is 27.3 Å². The summed E-state index contributed by atoms with van der Waals surface area (Å²) in [6.07, 6.45) is 3.53. The first-order valence-corrected chi connectivity index (χ1v) is 8.60. The van der Waals surface area contributed by atoms with Crippen molar-refractivity contribution in [2.24, 2.45) is 0 Å². The molecule has 0 amide bonds. The van der Waals surface area contributed by atoms with Gasteiger partial charge in [-0.25, -0.2) is 0 Å². The summed E-state index contributed by atoms with van der Waals surface area (Å²) in [5, 5.41) is 3.60. The van der Waals surface area contributed by atoms with Gasteiger partial charge in [-0.05, 0) is 60.7 Å². The SMILES string of the molecule is CCOC(CNC1CCCc2sc(Br)cc21)OCC. The van der Waals surface area contributed by atoms with Crippen molar-refractivity contribution in [1.29, 1.82) is 0 Å². The lowest BCUT2D eigenvalue weighted by molar-refractivity contribution is -0.134. The van der Waals surface area contributed by atoms with Crippen LogP contribution in [0.2, 0.25) is 0 Å². The van der Waals surface area contributed by atoms with Gasteiger partial charge < -0.3 is 14.8 Å². The molecule has 19 heavy (non-hydrogen) atoms. The summed E-state index contributed by atoms with van der Waals surface area (Å²) in [4.78, 5) is 1.51. The first-order chi connectivity index (χ1) is 9.24. The second-order valence-electron chi connectivity index (χ2n) is 4.62. The molecule has 0 bridgehead atoms. The van der Waals surface area contributed by atoms with E-state index >= 15 is 0 Å². The Morgan fingerprint density at radius 1 is 1.42 bits per heavy atom. The normalized spacial score (nSPS) is 18.8. The van der Waals surface area contributed by atoms with Gasteiger partial charge in [-0.2, -0.15) is 0 Å². The number of hydrogen-bond acceptors (Lipinski definition) is 4. The molecular weight excluding hydrogens is 326 g/mol. The summed E-state index contributed by atoms with van der Waals surface area (Å²) in [5.74, 6) is 0. The van der Waals surface area contributed by atoms with Crippen LogP contribution in [0.1, 0.15) is 43.2 Å². The van der Waals surface area contributed by atoms with Gasteiger partial charge in [0.2, 0.25) is 0 Å². The molecule has 5 heteroatoms. The topological polar surface area (TPSA) is 30.5 Å². The molecule has 0 saturated carbocycles. The van der Waals surface area contributed by atoms with Crippen LogP contribution in [0, 0.1) is 0 Å². The van der Waals surface area contributed by atoms with E-state index in [1.807, 2.05) is 25.2 Å². The van der Waals surface area contributed by atoms with Crippen LogP contribution in [0.4, 0.5) is 0 Å². The zero-order chi connectivity index (χ0) is 13.7. The molecule has 108 valence electrons. The molecule has 1 unspecified atom stereocenters. The third-order valence-corrected chi connectivity index (χ3v) is 5.03. The number of nitrogens with one attached hydrogen (secondary N) is 1.